The number of rotatable bonds is 12. The highest BCUT2D eigenvalue weighted by molar-refractivity contribution is 5.74. The Kier molecular flexibility index (Phi) is 7.94. The van der Waals surface area contributed by atoms with Crippen molar-refractivity contribution in [2.24, 2.45) is 5.73 Å². The highest BCUT2D eigenvalue weighted by Gasteiger charge is 2.22. The van der Waals surface area contributed by atoms with Crippen molar-refractivity contribution in [3.63, 3.8) is 0 Å². The number of fused-ring (bicyclic) bond motifs is 1. The molecule has 0 radical (unpaired) electrons. The van der Waals surface area contributed by atoms with Crippen LogP contribution in [0.25, 0.3) is 11.1 Å². The second-order valence-electron chi connectivity index (χ2n) is 7.86. The van der Waals surface area contributed by atoms with Crippen LogP contribution >= 0.6 is 0 Å². The van der Waals surface area contributed by atoms with Crippen LogP contribution in [-0.4, -0.2) is 33.7 Å². The zero-order chi connectivity index (χ0) is 22.2. The van der Waals surface area contributed by atoms with Crippen LogP contribution < -0.4 is 16.6 Å². The molecule has 8 nitrogen and oxygen atoms in total. The van der Waals surface area contributed by atoms with E-state index in [0.29, 0.717) is 36.3 Å². The number of nitrogens with one attached hydrogen (secondary N) is 1. The molecule has 166 valence electrons. The number of hydrogen-bond acceptors (Lipinski definition) is 6. The van der Waals surface area contributed by atoms with E-state index in [0.717, 1.165) is 43.6 Å². The molecule has 1 atom stereocenters. The Bertz CT molecular complexity index is 1060. The van der Waals surface area contributed by atoms with Gasteiger partial charge in [-0.1, -0.05) is 48.8 Å². The number of unbranched alkanes of at least 4 members (excludes halogenated alkanes) is 1. The van der Waals surface area contributed by atoms with Gasteiger partial charge in [0.05, 0.1) is 12.2 Å². The summed E-state index contributed by atoms with van der Waals surface area (Å²) in [5, 5.41) is 7.64. The van der Waals surface area contributed by atoms with Crippen molar-refractivity contribution in [3.8, 4) is 0 Å². The fourth-order valence-electron chi connectivity index (χ4n) is 3.81. The lowest BCUT2D eigenvalue weighted by Gasteiger charge is -2.19. The Labute approximate surface area is 181 Å². The maximum absolute atomic E-state index is 13.3. The van der Waals surface area contributed by atoms with Crippen LogP contribution in [0.4, 0.5) is 0 Å². The standard InChI is InChI=1S/C23H31N5O3/c1-3-18(11-7-8-13-25-14-12-19(24)29)21-26-22-20(16(2)27-31-22)23(30)28(21)15-17-9-5-4-6-10-17/h4-6,9-10,18,25H,3,7-8,11-15H2,1-2H3,(H2,24,29). The zero-order valence-corrected chi connectivity index (χ0v) is 18.3. The Balaban J connectivity index is 1.78. The van der Waals surface area contributed by atoms with Gasteiger partial charge in [0.15, 0.2) is 0 Å². The quantitative estimate of drug-likeness (QED) is 0.431. The molecule has 0 aliphatic heterocycles. The highest BCUT2D eigenvalue weighted by Crippen LogP contribution is 2.26. The van der Waals surface area contributed by atoms with Gasteiger partial charge in [-0.3, -0.25) is 14.2 Å². The number of carbonyl (C=O) groups is 1. The summed E-state index contributed by atoms with van der Waals surface area (Å²) < 4.78 is 7.12. The van der Waals surface area contributed by atoms with Crippen LogP contribution in [0.1, 0.15) is 62.0 Å². The summed E-state index contributed by atoms with van der Waals surface area (Å²) in [6.45, 7) is 5.78. The van der Waals surface area contributed by atoms with Gasteiger partial charge in [-0.25, -0.2) is 0 Å². The Hall–Kier alpha value is -3.00. The second-order valence-corrected chi connectivity index (χ2v) is 7.86. The number of aromatic nitrogens is 3. The summed E-state index contributed by atoms with van der Waals surface area (Å²) >= 11 is 0. The summed E-state index contributed by atoms with van der Waals surface area (Å²) in [4.78, 5) is 28.9. The zero-order valence-electron chi connectivity index (χ0n) is 18.3. The molecule has 1 aromatic carbocycles. The number of hydrogen-bond donors (Lipinski definition) is 2. The van der Waals surface area contributed by atoms with E-state index in [-0.39, 0.29) is 17.4 Å². The van der Waals surface area contributed by atoms with Crippen molar-refractivity contribution >= 4 is 17.0 Å². The lowest BCUT2D eigenvalue weighted by molar-refractivity contribution is -0.117. The molecule has 0 aliphatic rings. The van der Waals surface area contributed by atoms with E-state index in [1.54, 1.807) is 11.5 Å². The molecular weight excluding hydrogens is 394 g/mol. The third-order valence-electron chi connectivity index (χ3n) is 5.54. The first-order chi connectivity index (χ1) is 15.0. The number of nitrogens with zero attached hydrogens (tertiary/aromatic N) is 3. The monoisotopic (exact) mass is 425 g/mol. The Morgan fingerprint density at radius 2 is 2.00 bits per heavy atom. The topological polar surface area (TPSA) is 116 Å². The smallest absolute Gasteiger partial charge is 0.267 e. The third-order valence-corrected chi connectivity index (χ3v) is 5.54. The third kappa shape index (κ3) is 5.79. The molecule has 3 N–H and O–H groups in total. The fraction of sp³-hybridized carbons (Fsp3) is 0.478. The summed E-state index contributed by atoms with van der Waals surface area (Å²) in [5.74, 6) is 0.595. The minimum atomic E-state index is -0.293. The number of benzene rings is 1. The Morgan fingerprint density at radius 1 is 1.23 bits per heavy atom. The van der Waals surface area contributed by atoms with Gasteiger partial charge in [-0.2, -0.15) is 4.98 Å². The first kappa shape index (κ1) is 22.7. The lowest BCUT2D eigenvalue weighted by atomic mass is 9.97. The van der Waals surface area contributed by atoms with Crippen LogP contribution in [0.5, 0.6) is 0 Å². The van der Waals surface area contributed by atoms with Gasteiger partial charge < -0.3 is 15.6 Å². The van der Waals surface area contributed by atoms with E-state index in [2.05, 4.69) is 17.4 Å². The molecule has 0 aliphatic carbocycles. The molecule has 31 heavy (non-hydrogen) atoms. The normalized spacial score (nSPS) is 12.3. The van der Waals surface area contributed by atoms with Crippen molar-refractivity contribution in [1.82, 2.24) is 20.0 Å². The molecule has 2 aromatic heterocycles. The van der Waals surface area contributed by atoms with Crippen molar-refractivity contribution < 1.29 is 9.32 Å². The summed E-state index contributed by atoms with van der Waals surface area (Å²) in [6, 6.07) is 9.93. The van der Waals surface area contributed by atoms with E-state index >= 15 is 0 Å². The van der Waals surface area contributed by atoms with E-state index in [9.17, 15) is 9.59 Å². The van der Waals surface area contributed by atoms with Crippen LogP contribution in [-0.2, 0) is 11.3 Å². The second kappa shape index (κ2) is 10.9. The number of amides is 1. The molecule has 8 heteroatoms. The molecule has 0 spiro atoms. The molecule has 0 saturated carbocycles. The van der Waals surface area contributed by atoms with Crippen LogP contribution in [0.15, 0.2) is 39.6 Å². The average Bonchev–Trinajstić information content (AvgIpc) is 3.13. The summed E-state index contributed by atoms with van der Waals surface area (Å²) in [7, 11) is 0. The fourth-order valence-corrected chi connectivity index (χ4v) is 3.81. The first-order valence-electron chi connectivity index (χ1n) is 10.9. The molecule has 1 amide bonds. The molecular formula is C23H31N5O3. The van der Waals surface area contributed by atoms with E-state index in [1.165, 1.54) is 0 Å². The molecule has 2 heterocycles. The number of aryl methyl sites for hydroxylation is 1. The predicted octanol–water partition coefficient (Wildman–Crippen LogP) is 2.87. The summed E-state index contributed by atoms with van der Waals surface area (Å²) in [5.41, 5.74) is 6.98. The number of primary amides is 1. The lowest BCUT2D eigenvalue weighted by Crippen LogP contribution is -2.27. The molecule has 1 unspecified atom stereocenters. The van der Waals surface area contributed by atoms with E-state index in [4.69, 9.17) is 15.2 Å². The highest BCUT2D eigenvalue weighted by atomic mass is 16.5. The summed E-state index contributed by atoms with van der Waals surface area (Å²) in [6.07, 6.45) is 4.09. The van der Waals surface area contributed by atoms with Gasteiger partial charge in [0.25, 0.3) is 11.3 Å². The molecule has 0 saturated heterocycles. The SMILES string of the molecule is CCC(CCCCNCCC(N)=O)c1nc2onc(C)c2c(=O)n1Cc1ccccc1. The maximum Gasteiger partial charge on any atom is 0.267 e. The maximum atomic E-state index is 13.3. The van der Waals surface area contributed by atoms with Crippen LogP contribution in [0.2, 0.25) is 0 Å². The first-order valence-corrected chi connectivity index (χ1v) is 10.9. The van der Waals surface area contributed by atoms with Crippen LogP contribution in [0, 0.1) is 6.92 Å². The van der Waals surface area contributed by atoms with Gasteiger partial charge in [0, 0.05) is 18.9 Å². The number of nitrogens with two attached hydrogens (primary N) is 1. The van der Waals surface area contributed by atoms with Gasteiger partial charge in [0.2, 0.25) is 5.91 Å². The van der Waals surface area contributed by atoms with Crippen LogP contribution in [0.3, 0.4) is 0 Å². The molecule has 0 fully saturated rings. The van der Waals surface area contributed by atoms with Gasteiger partial charge in [0.1, 0.15) is 11.2 Å². The van der Waals surface area contributed by atoms with Crippen molar-refractivity contribution in [2.45, 2.75) is 58.4 Å². The largest absolute Gasteiger partial charge is 0.370 e. The minimum absolute atomic E-state index is 0.103. The van der Waals surface area contributed by atoms with Gasteiger partial charge >= 0.3 is 0 Å². The van der Waals surface area contributed by atoms with E-state index < -0.39 is 0 Å². The van der Waals surface area contributed by atoms with Crippen molar-refractivity contribution in [2.75, 3.05) is 13.1 Å². The average molecular weight is 426 g/mol. The molecule has 0 bridgehead atoms. The molecule has 3 aromatic rings. The molecule has 3 rings (SSSR count). The van der Waals surface area contributed by atoms with Gasteiger partial charge in [-0.15, -0.1) is 0 Å². The Morgan fingerprint density at radius 3 is 2.71 bits per heavy atom. The minimum Gasteiger partial charge on any atom is -0.370 e. The predicted molar refractivity (Wildman–Crippen MR) is 120 cm³/mol. The van der Waals surface area contributed by atoms with E-state index in [1.807, 2.05) is 30.3 Å². The van der Waals surface area contributed by atoms with Crippen molar-refractivity contribution in [1.29, 1.82) is 0 Å². The number of carbonyl (C=O) groups excluding carboxylic acids is 1. The van der Waals surface area contributed by atoms with Gasteiger partial charge in [-0.05, 0) is 38.3 Å². The van der Waals surface area contributed by atoms with Crippen molar-refractivity contribution in [3.05, 3.63) is 57.8 Å².